The van der Waals surface area contributed by atoms with Gasteiger partial charge in [-0.25, -0.2) is 9.59 Å². The van der Waals surface area contributed by atoms with Gasteiger partial charge >= 0.3 is 11.9 Å². The lowest BCUT2D eigenvalue weighted by Crippen LogP contribution is -2.28. The first-order valence-electron chi connectivity index (χ1n) is 6.46. The van der Waals surface area contributed by atoms with Gasteiger partial charge in [-0.2, -0.15) is 0 Å². The van der Waals surface area contributed by atoms with E-state index in [4.69, 9.17) is 18.9 Å². The molecule has 0 aliphatic carbocycles. The predicted octanol–water partition coefficient (Wildman–Crippen LogP) is 1.48. The second-order valence-electron chi connectivity index (χ2n) is 4.50. The number of hydrogen-bond acceptors (Lipinski definition) is 6. The van der Waals surface area contributed by atoms with Crippen LogP contribution in [0.2, 0.25) is 0 Å². The molecular weight excluding hydrogens is 264 g/mol. The molecule has 0 N–H and O–H groups in total. The Morgan fingerprint density at radius 2 is 1.00 bits per heavy atom. The highest BCUT2D eigenvalue weighted by atomic mass is 16.6. The van der Waals surface area contributed by atoms with E-state index >= 15 is 0 Å². The topological polar surface area (TPSA) is 71.1 Å². The van der Waals surface area contributed by atoms with Crippen molar-refractivity contribution in [1.29, 1.82) is 0 Å². The molecule has 0 fully saturated rings. The van der Waals surface area contributed by atoms with E-state index < -0.39 is 24.1 Å². The maximum atomic E-state index is 11.5. The molecule has 0 bridgehead atoms. The zero-order valence-corrected chi connectivity index (χ0v) is 12.9. The largest absolute Gasteiger partial charge is 0.457 e. The van der Waals surface area contributed by atoms with E-state index in [1.807, 2.05) is 0 Å². The lowest BCUT2D eigenvalue weighted by molar-refractivity contribution is -0.150. The molecule has 0 aliphatic rings. The molecule has 0 saturated heterocycles. The number of esters is 2. The van der Waals surface area contributed by atoms with Gasteiger partial charge in [-0.05, 0) is 27.7 Å². The van der Waals surface area contributed by atoms with Crippen molar-refractivity contribution in [3.63, 3.8) is 0 Å². The van der Waals surface area contributed by atoms with Crippen LogP contribution in [0.25, 0.3) is 0 Å². The Hall–Kier alpha value is -1.40. The average Bonchev–Trinajstić information content (AvgIpc) is 2.42. The molecule has 0 aromatic heterocycles. The second-order valence-corrected chi connectivity index (χ2v) is 4.50. The maximum Gasteiger partial charge on any atom is 0.331 e. The van der Waals surface area contributed by atoms with Gasteiger partial charge in [-0.3, -0.25) is 0 Å². The molecule has 0 aromatic rings. The third-order valence-corrected chi connectivity index (χ3v) is 3.03. The Morgan fingerprint density at radius 3 is 1.25 bits per heavy atom. The molecule has 0 rings (SSSR count). The first-order chi connectivity index (χ1) is 9.31. The monoisotopic (exact) mass is 288 g/mol. The highest BCUT2D eigenvalue weighted by molar-refractivity contribution is 5.91. The highest BCUT2D eigenvalue weighted by Gasteiger charge is 2.16. The summed E-state index contributed by atoms with van der Waals surface area (Å²) in [5, 5.41) is 0. The van der Waals surface area contributed by atoms with E-state index in [0.717, 1.165) is 12.2 Å². The summed E-state index contributed by atoms with van der Waals surface area (Å²) in [6.07, 6.45) is 0.821. The fraction of sp³-hybridized carbons (Fsp3) is 0.714. The van der Waals surface area contributed by atoms with Crippen molar-refractivity contribution < 1.29 is 28.5 Å². The van der Waals surface area contributed by atoms with E-state index in [-0.39, 0.29) is 12.2 Å². The smallest absolute Gasteiger partial charge is 0.331 e. The standard InChI is InChI=1S/C14H24O6/c1-9(17-5)11(3)19-13(15)7-8-14(16)20-12(4)10(2)18-6/h7-12H,1-6H3/b8-7+. The molecule has 0 spiro atoms. The van der Waals surface area contributed by atoms with Crippen molar-refractivity contribution in [2.24, 2.45) is 0 Å². The van der Waals surface area contributed by atoms with E-state index in [2.05, 4.69) is 0 Å². The zero-order chi connectivity index (χ0) is 15.7. The molecular formula is C14H24O6. The molecule has 6 nitrogen and oxygen atoms in total. The quantitative estimate of drug-likeness (QED) is 0.497. The van der Waals surface area contributed by atoms with Crippen molar-refractivity contribution in [3.05, 3.63) is 12.2 Å². The third kappa shape index (κ3) is 7.25. The molecule has 0 aliphatic heterocycles. The Balaban J connectivity index is 4.22. The SMILES string of the molecule is COC(C)C(C)OC(=O)/C=C/C(=O)OC(C)C(C)OC. The summed E-state index contributed by atoms with van der Waals surface area (Å²) in [6.45, 7) is 6.98. The van der Waals surface area contributed by atoms with E-state index in [1.165, 1.54) is 14.2 Å². The summed E-state index contributed by atoms with van der Waals surface area (Å²) >= 11 is 0. The van der Waals surface area contributed by atoms with Crippen molar-refractivity contribution in [1.82, 2.24) is 0 Å². The molecule has 0 radical (unpaired) electrons. The van der Waals surface area contributed by atoms with Gasteiger partial charge in [0.2, 0.25) is 0 Å². The summed E-state index contributed by atoms with van der Waals surface area (Å²) in [5.41, 5.74) is 0. The number of ether oxygens (including phenoxy) is 4. The van der Waals surface area contributed by atoms with Gasteiger partial charge in [0.15, 0.2) is 0 Å². The van der Waals surface area contributed by atoms with Gasteiger partial charge in [0.1, 0.15) is 12.2 Å². The number of methoxy groups -OCH3 is 2. The van der Waals surface area contributed by atoms with E-state index in [9.17, 15) is 9.59 Å². The van der Waals surface area contributed by atoms with Gasteiger partial charge < -0.3 is 18.9 Å². The van der Waals surface area contributed by atoms with Crippen LogP contribution in [0.5, 0.6) is 0 Å². The van der Waals surface area contributed by atoms with Crippen molar-refractivity contribution in [2.75, 3.05) is 14.2 Å². The molecule has 20 heavy (non-hydrogen) atoms. The van der Waals surface area contributed by atoms with Crippen LogP contribution in [0.4, 0.5) is 0 Å². The summed E-state index contributed by atoms with van der Waals surface area (Å²) in [5.74, 6) is -1.24. The van der Waals surface area contributed by atoms with Gasteiger partial charge in [0.25, 0.3) is 0 Å². The van der Waals surface area contributed by atoms with E-state index in [0.29, 0.717) is 0 Å². The molecule has 6 heteroatoms. The normalized spacial score (nSPS) is 17.3. The fourth-order valence-electron chi connectivity index (χ4n) is 1.16. The van der Waals surface area contributed by atoms with Crippen LogP contribution in [0.15, 0.2) is 12.2 Å². The van der Waals surface area contributed by atoms with E-state index in [1.54, 1.807) is 27.7 Å². The van der Waals surface area contributed by atoms with Crippen LogP contribution in [0.1, 0.15) is 27.7 Å². The second kappa shape index (κ2) is 9.50. The van der Waals surface area contributed by atoms with Crippen molar-refractivity contribution in [2.45, 2.75) is 52.1 Å². The summed E-state index contributed by atoms with van der Waals surface area (Å²) < 4.78 is 20.1. The van der Waals surface area contributed by atoms with Gasteiger partial charge in [0, 0.05) is 26.4 Å². The molecule has 0 heterocycles. The molecule has 0 amide bonds. The summed E-state index contributed by atoms with van der Waals surface area (Å²) in [4.78, 5) is 22.9. The van der Waals surface area contributed by atoms with Crippen LogP contribution >= 0.6 is 0 Å². The Labute approximate surface area is 120 Å². The first-order valence-corrected chi connectivity index (χ1v) is 6.46. The number of carbonyl (C=O) groups is 2. The van der Waals surface area contributed by atoms with Gasteiger partial charge in [0.05, 0.1) is 12.2 Å². The molecule has 4 unspecified atom stereocenters. The minimum absolute atomic E-state index is 0.220. The average molecular weight is 288 g/mol. The summed E-state index contributed by atoms with van der Waals surface area (Å²) in [6, 6.07) is 0. The summed E-state index contributed by atoms with van der Waals surface area (Å²) in [7, 11) is 3.06. The molecule has 0 saturated carbocycles. The van der Waals surface area contributed by atoms with Crippen LogP contribution in [-0.2, 0) is 28.5 Å². The number of rotatable bonds is 8. The lowest BCUT2D eigenvalue weighted by atomic mass is 10.2. The highest BCUT2D eigenvalue weighted by Crippen LogP contribution is 2.04. The van der Waals surface area contributed by atoms with Crippen LogP contribution in [0.3, 0.4) is 0 Å². The number of carbonyl (C=O) groups excluding carboxylic acids is 2. The van der Waals surface area contributed by atoms with Crippen molar-refractivity contribution in [3.8, 4) is 0 Å². The predicted molar refractivity (Wildman–Crippen MR) is 73.2 cm³/mol. The molecule has 4 atom stereocenters. The maximum absolute atomic E-state index is 11.5. The van der Waals surface area contributed by atoms with Crippen LogP contribution in [0, 0.1) is 0 Å². The minimum Gasteiger partial charge on any atom is -0.457 e. The van der Waals surface area contributed by atoms with Gasteiger partial charge in [-0.15, -0.1) is 0 Å². The lowest BCUT2D eigenvalue weighted by Gasteiger charge is -2.18. The Bertz CT molecular complexity index is 307. The molecule has 0 aromatic carbocycles. The van der Waals surface area contributed by atoms with Crippen LogP contribution < -0.4 is 0 Å². The van der Waals surface area contributed by atoms with Crippen molar-refractivity contribution >= 4 is 11.9 Å². The van der Waals surface area contributed by atoms with Gasteiger partial charge in [-0.1, -0.05) is 0 Å². The Morgan fingerprint density at radius 1 is 0.700 bits per heavy atom. The number of hydrogen-bond donors (Lipinski definition) is 0. The van der Waals surface area contributed by atoms with Crippen LogP contribution in [-0.4, -0.2) is 50.6 Å². The molecule has 116 valence electrons. The minimum atomic E-state index is -0.620. The first kappa shape index (κ1) is 18.6. The Kier molecular flexibility index (Phi) is 8.83. The fourth-order valence-corrected chi connectivity index (χ4v) is 1.16. The third-order valence-electron chi connectivity index (χ3n) is 3.03. The zero-order valence-electron chi connectivity index (χ0n) is 12.9.